The van der Waals surface area contributed by atoms with Gasteiger partial charge in [-0.25, -0.2) is 4.79 Å². The van der Waals surface area contributed by atoms with Crippen molar-refractivity contribution in [3.8, 4) is 11.6 Å². The lowest BCUT2D eigenvalue weighted by Gasteiger charge is -2.19. The highest BCUT2D eigenvalue weighted by Gasteiger charge is 2.12. The van der Waals surface area contributed by atoms with Crippen LogP contribution in [0.15, 0.2) is 48.5 Å². The summed E-state index contributed by atoms with van der Waals surface area (Å²) in [6.07, 6.45) is 5.85. The Morgan fingerprint density at radius 2 is 1.82 bits per heavy atom. The van der Waals surface area contributed by atoms with Crippen molar-refractivity contribution in [3.63, 3.8) is 0 Å². The Labute approximate surface area is 196 Å². The van der Waals surface area contributed by atoms with Crippen LogP contribution in [0.25, 0.3) is 10.9 Å². The van der Waals surface area contributed by atoms with Gasteiger partial charge in [0.1, 0.15) is 5.75 Å². The Balaban J connectivity index is 1.30. The van der Waals surface area contributed by atoms with Gasteiger partial charge in [-0.2, -0.15) is 0 Å². The van der Waals surface area contributed by atoms with Gasteiger partial charge in [0.05, 0.1) is 12.1 Å². The van der Waals surface area contributed by atoms with Gasteiger partial charge >= 0.3 is 6.09 Å². The lowest BCUT2D eigenvalue weighted by molar-refractivity contribution is 0.213. The topological polar surface area (TPSA) is 66.6 Å². The maximum Gasteiger partial charge on any atom is 0.418 e. The smallest absolute Gasteiger partial charge is 0.418 e. The van der Waals surface area contributed by atoms with Crippen molar-refractivity contribution in [2.24, 2.45) is 5.92 Å². The predicted molar refractivity (Wildman–Crippen MR) is 133 cm³/mol. The van der Waals surface area contributed by atoms with Crippen molar-refractivity contribution >= 4 is 22.7 Å². The summed E-state index contributed by atoms with van der Waals surface area (Å²) in [5.74, 6) is 1.60. The van der Waals surface area contributed by atoms with Gasteiger partial charge in [-0.3, -0.25) is 5.32 Å². The molecule has 0 unspecified atom stereocenters. The van der Waals surface area contributed by atoms with Crippen molar-refractivity contribution in [1.82, 2.24) is 9.88 Å². The van der Waals surface area contributed by atoms with E-state index in [1.165, 1.54) is 44.3 Å². The lowest BCUT2D eigenvalue weighted by atomic mass is 10.1. The quantitative estimate of drug-likeness (QED) is 0.428. The molecule has 2 N–H and O–H groups in total. The number of ether oxygens (including phenoxy) is 2. The summed E-state index contributed by atoms with van der Waals surface area (Å²) in [6.45, 7) is 8.37. The largest absolute Gasteiger partial charge is 0.493 e. The number of fused-ring (bicyclic) bond motifs is 1. The van der Waals surface area contributed by atoms with Crippen LogP contribution in [0.4, 0.5) is 10.5 Å². The zero-order valence-electron chi connectivity index (χ0n) is 19.7. The van der Waals surface area contributed by atoms with Gasteiger partial charge in [-0.1, -0.05) is 44.9 Å². The molecule has 0 saturated carbocycles. The highest BCUT2D eigenvalue weighted by molar-refractivity contribution is 5.90. The van der Waals surface area contributed by atoms with Gasteiger partial charge in [0.25, 0.3) is 0 Å². The third kappa shape index (κ3) is 6.75. The number of rotatable bonds is 8. The molecule has 1 fully saturated rings. The molecule has 0 bridgehead atoms. The fraction of sp³-hybridized carbons (Fsp3) is 0.444. The van der Waals surface area contributed by atoms with E-state index in [9.17, 15) is 4.79 Å². The Morgan fingerprint density at radius 3 is 2.55 bits per heavy atom. The van der Waals surface area contributed by atoms with E-state index in [1.54, 1.807) is 6.07 Å². The minimum Gasteiger partial charge on any atom is -0.493 e. The van der Waals surface area contributed by atoms with E-state index in [4.69, 9.17) is 9.47 Å². The Kier molecular flexibility index (Phi) is 7.89. The molecule has 1 amide bonds. The molecule has 33 heavy (non-hydrogen) atoms. The van der Waals surface area contributed by atoms with Gasteiger partial charge in [-0.15, -0.1) is 0 Å². The third-order valence-electron chi connectivity index (χ3n) is 5.99. The molecule has 1 aliphatic heterocycles. The first-order chi connectivity index (χ1) is 16.1. The Hall–Kier alpha value is -2.99. The van der Waals surface area contributed by atoms with E-state index in [0.29, 0.717) is 18.4 Å². The van der Waals surface area contributed by atoms with Crippen molar-refractivity contribution < 1.29 is 14.3 Å². The van der Waals surface area contributed by atoms with Crippen LogP contribution in [-0.4, -0.2) is 42.2 Å². The predicted octanol–water partition coefficient (Wildman–Crippen LogP) is 6.23. The van der Waals surface area contributed by atoms with Crippen molar-refractivity contribution in [2.75, 3.05) is 31.6 Å². The van der Waals surface area contributed by atoms with Gasteiger partial charge in [0, 0.05) is 23.7 Å². The van der Waals surface area contributed by atoms with Crippen LogP contribution in [0, 0.1) is 5.92 Å². The summed E-state index contributed by atoms with van der Waals surface area (Å²) >= 11 is 0. The Bertz CT molecular complexity index is 1030. The van der Waals surface area contributed by atoms with E-state index in [1.807, 2.05) is 30.3 Å². The van der Waals surface area contributed by atoms with E-state index in [-0.39, 0.29) is 0 Å². The maximum absolute atomic E-state index is 12.4. The highest BCUT2D eigenvalue weighted by Crippen LogP contribution is 2.29. The standard InChI is InChI=1S/C27H35N3O3/c1-20(2)19-32-25-9-7-8-24-23(25)18-26(29-24)33-27(31)28-22-12-10-21(11-13-22)14-17-30-15-5-3-4-6-16-30/h7-13,18,20,29H,3-6,14-17,19H2,1-2H3,(H,28,31). The maximum atomic E-state index is 12.4. The molecule has 6 heteroatoms. The summed E-state index contributed by atoms with van der Waals surface area (Å²) in [6, 6.07) is 15.6. The number of nitrogens with zero attached hydrogens (tertiary/aromatic N) is 1. The molecule has 1 aliphatic rings. The van der Waals surface area contributed by atoms with Crippen LogP contribution in [0.2, 0.25) is 0 Å². The van der Waals surface area contributed by atoms with E-state index >= 15 is 0 Å². The molecule has 176 valence electrons. The van der Waals surface area contributed by atoms with Crippen molar-refractivity contribution in [2.45, 2.75) is 46.0 Å². The number of carbonyl (C=O) groups is 1. The summed E-state index contributed by atoms with van der Waals surface area (Å²) < 4.78 is 11.4. The molecule has 0 radical (unpaired) electrons. The monoisotopic (exact) mass is 449 g/mol. The van der Waals surface area contributed by atoms with Gasteiger partial charge in [0.15, 0.2) is 0 Å². The second kappa shape index (κ2) is 11.2. The molecule has 1 saturated heterocycles. The minimum atomic E-state index is -0.525. The number of likely N-dealkylation sites (tertiary alicyclic amines) is 1. The molecule has 1 aromatic heterocycles. The first-order valence-electron chi connectivity index (χ1n) is 12.1. The highest BCUT2D eigenvalue weighted by atomic mass is 16.6. The van der Waals surface area contributed by atoms with Crippen molar-refractivity contribution in [3.05, 3.63) is 54.1 Å². The van der Waals surface area contributed by atoms with E-state index in [2.05, 4.69) is 41.2 Å². The zero-order valence-corrected chi connectivity index (χ0v) is 19.7. The fourth-order valence-corrected chi connectivity index (χ4v) is 4.18. The van der Waals surface area contributed by atoms with Crippen LogP contribution in [0.3, 0.4) is 0 Å². The first-order valence-corrected chi connectivity index (χ1v) is 12.1. The average Bonchev–Trinajstić information content (AvgIpc) is 3.03. The van der Waals surface area contributed by atoms with Crippen LogP contribution in [0.5, 0.6) is 11.6 Å². The molecule has 0 spiro atoms. The second-order valence-electron chi connectivity index (χ2n) is 9.27. The van der Waals surface area contributed by atoms with E-state index < -0.39 is 6.09 Å². The molecular weight excluding hydrogens is 414 g/mol. The average molecular weight is 450 g/mol. The number of H-pyrrole nitrogens is 1. The number of carbonyl (C=O) groups excluding carboxylic acids is 1. The molecule has 2 heterocycles. The first kappa shape index (κ1) is 23.2. The number of hydrogen-bond acceptors (Lipinski definition) is 4. The van der Waals surface area contributed by atoms with E-state index in [0.717, 1.165) is 35.3 Å². The van der Waals surface area contributed by atoms with Gasteiger partial charge in [0.2, 0.25) is 5.88 Å². The Morgan fingerprint density at radius 1 is 1.06 bits per heavy atom. The molecule has 2 aromatic carbocycles. The van der Waals surface area contributed by atoms with Crippen LogP contribution in [0.1, 0.15) is 45.1 Å². The van der Waals surface area contributed by atoms with Crippen LogP contribution in [-0.2, 0) is 6.42 Å². The molecule has 0 aliphatic carbocycles. The zero-order chi connectivity index (χ0) is 23.0. The number of aromatic amines is 1. The minimum absolute atomic E-state index is 0.386. The van der Waals surface area contributed by atoms with Crippen LogP contribution < -0.4 is 14.8 Å². The number of nitrogens with one attached hydrogen (secondary N) is 2. The summed E-state index contributed by atoms with van der Waals surface area (Å²) in [7, 11) is 0. The lowest BCUT2D eigenvalue weighted by Crippen LogP contribution is -2.26. The second-order valence-corrected chi connectivity index (χ2v) is 9.27. The van der Waals surface area contributed by atoms with Crippen molar-refractivity contribution in [1.29, 1.82) is 0 Å². The fourth-order valence-electron chi connectivity index (χ4n) is 4.18. The number of anilines is 1. The molecule has 0 atom stereocenters. The van der Waals surface area contributed by atoms with Gasteiger partial charge in [-0.05, 0) is 68.1 Å². The molecule has 6 nitrogen and oxygen atoms in total. The molecule has 4 rings (SSSR count). The third-order valence-corrected chi connectivity index (χ3v) is 5.99. The summed E-state index contributed by atoms with van der Waals surface area (Å²) in [4.78, 5) is 18.1. The summed E-state index contributed by atoms with van der Waals surface area (Å²) in [5.41, 5.74) is 2.87. The van der Waals surface area contributed by atoms with Crippen LogP contribution >= 0.6 is 0 Å². The SMILES string of the molecule is CC(C)COc1cccc2[nH]c(OC(=O)Nc3ccc(CCN4CCCCCC4)cc3)cc12. The summed E-state index contributed by atoms with van der Waals surface area (Å²) in [5, 5.41) is 3.71. The van der Waals surface area contributed by atoms with Gasteiger partial charge < -0.3 is 19.4 Å². The number of benzene rings is 2. The number of aromatic nitrogens is 1. The number of hydrogen-bond donors (Lipinski definition) is 2. The normalized spacial score (nSPS) is 14.9. The molecule has 3 aromatic rings. The molecular formula is C27H35N3O3. The number of amides is 1.